The van der Waals surface area contributed by atoms with E-state index in [1.54, 1.807) is 0 Å². The van der Waals surface area contributed by atoms with Gasteiger partial charge in [-0.1, -0.05) is 20.8 Å². The summed E-state index contributed by atoms with van der Waals surface area (Å²) < 4.78 is 5.76. The molecule has 0 radical (unpaired) electrons. The fourth-order valence-corrected chi connectivity index (χ4v) is 3.35. The highest BCUT2D eigenvalue weighted by atomic mass is 32.2. The molecule has 0 aromatic rings. The summed E-state index contributed by atoms with van der Waals surface area (Å²) in [5.41, 5.74) is 0.155. The van der Waals surface area contributed by atoms with E-state index in [0.717, 1.165) is 6.42 Å². The van der Waals surface area contributed by atoms with Crippen LogP contribution in [-0.4, -0.2) is 33.9 Å². The van der Waals surface area contributed by atoms with E-state index >= 15 is 0 Å². The molecule has 16 heavy (non-hydrogen) atoms. The van der Waals surface area contributed by atoms with Crippen LogP contribution in [0.25, 0.3) is 0 Å². The average molecular weight is 246 g/mol. The minimum absolute atomic E-state index is 0.111. The van der Waals surface area contributed by atoms with Crippen LogP contribution in [0.5, 0.6) is 0 Å². The number of ether oxygens (including phenoxy) is 1. The smallest absolute Gasteiger partial charge is 0.0692 e. The predicted octanol–water partition coefficient (Wildman–Crippen LogP) is 3.08. The Morgan fingerprint density at radius 3 is 2.12 bits per heavy atom. The van der Waals surface area contributed by atoms with E-state index in [0.29, 0.717) is 11.9 Å². The van der Waals surface area contributed by atoms with Gasteiger partial charge in [0.2, 0.25) is 0 Å². The summed E-state index contributed by atoms with van der Waals surface area (Å²) in [5, 5.41) is 10.8. The SMILES string of the molecule is CC(C)(C)OCC1SC(C(C)(C)C)CC1O. The number of rotatable bonds is 2. The lowest BCUT2D eigenvalue weighted by Crippen LogP contribution is -2.29. The summed E-state index contributed by atoms with van der Waals surface area (Å²) in [6.45, 7) is 13.5. The fraction of sp³-hybridized carbons (Fsp3) is 1.00. The molecule has 3 unspecified atom stereocenters. The molecule has 0 bridgehead atoms. The molecule has 1 aliphatic heterocycles. The van der Waals surface area contributed by atoms with Gasteiger partial charge in [-0.05, 0) is 32.6 Å². The van der Waals surface area contributed by atoms with Crippen molar-refractivity contribution in [3.05, 3.63) is 0 Å². The van der Waals surface area contributed by atoms with Crippen LogP contribution >= 0.6 is 11.8 Å². The first-order valence-electron chi connectivity index (χ1n) is 6.07. The van der Waals surface area contributed by atoms with E-state index in [-0.39, 0.29) is 22.4 Å². The number of aliphatic hydroxyl groups is 1. The van der Waals surface area contributed by atoms with E-state index < -0.39 is 0 Å². The van der Waals surface area contributed by atoms with Crippen LogP contribution in [-0.2, 0) is 4.74 Å². The van der Waals surface area contributed by atoms with Crippen molar-refractivity contribution >= 4 is 11.8 Å². The van der Waals surface area contributed by atoms with Crippen molar-refractivity contribution in [2.24, 2.45) is 5.41 Å². The van der Waals surface area contributed by atoms with Crippen LogP contribution < -0.4 is 0 Å². The fourth-order valence-electron chi connectivity index (χ4n) is 1.77. The minimum atomic E-state index is -0.212. The van der Waals surface area contributed by atoms with Gasteiger partial charge in [0.25, 0.3) is 0 Å². The van der Waals surface area contributed by atoms with Gasteiger partial charge in [0.15, 0.2) is 0 Å². The standard InChI is InChI=1S/C13H26O2S/c1-12(2,3)11-7-9(14)10(16-11)8-15-13(4,5)6/h9-11,14H,7-8H2,1-6H3. The molecule has 1 aliphatic rings. The molecule has 0 amide bonds. The molecule has 96 valence electrons. The van der Waals surface area contributed by atoms with Crippen LogP contribution in [0.1, 0.15) is 48.0 Å². The second kappa shape index (κ2) is 4.87. The third-order valence-corrected chi connectivity index (χ3v) is 4.90. The third kappa shape index (κ3) is 4.27. The number of hydrogen-bond donors (Lipinski definition) is 1. The zero-order chi connectivity index (χ0) is 12.6. The van der Waals surface area contributed by atoms with Crippen LogP contribution in [0.15, 0.2) is 0 Å². The maximum Gasteiger partial charge on any atom is 0.0692 e. The molecule has 2 nitrogen and oxygen atoms in total. The topological polar surface area (TPSA) is 29.5 Å². The largest absolute Gasteiger partial charge is 0.392 e. The zero-order valence-corrected chi connectivity index (χ0v) is 12.2. The van der Waals surface area contributed by atoms with Gasteiger partial charge in [0.05, 0.1) is 23.6 Å². The van der Waals surface area contributed by atoms with Gasteiger partial charge in [-0.2, -0.15) is 0 Å². The van der Waals surface area contributed by atoms with Gasteiger partial charge in [-0.3, -0.25) is 0 Å². The Hall–Kier alpha value is 0.270. The van der Waals surface area contributed by atoms with E-state index in [9.17, 15) is 5.11 Å². The average Bonchev–Trinajstić information content (AvgIpc) is 2.41. The lowest BCUT2D eigenvalue weighted by atomic mass is 9.88. The first-order chi connectivity index (χ1) is 7.09. The summed E-state index contributed by atoms with van der Waals surface area (Å²) >= 11 is 1.89. The molecule has 0 saturated carbocycles. The molecule has 0 aromatic heterocycles. The first-order valence-corrected chi connectivity index (χ1v) is 7.01. The maximum atomic E-state index is 10.0. The monoisotopic (exact) mass is 246 g/mol. The zero-order valence-electron chi connectivity index (χ0n) is 11.4. The highest BCUT2D eigenvalue weighted by molar-refractivity contribution is 8.00. The normalized spacial score (nSPS) is 32.1. The molecule has 0 spiro atoms. The summed E-state index contributed by atoms with van der Waals surface area (Å²) in [4.78, 5) is 0. The quantitative estimate of drug-likeness (QED) is 0.812. The van der Waals surface area contributed by atoms with E-state index in [4.69, 9.17) is 4.74 Å². The van der Waals surface area contributed by atoms with Crippen molar-refractivity contribution in [1.29, 1.82) is 0 Å². The molecule has 1 rings (SSSR count). The minimum Gasteiger partial charge on any atom is -0.392 e. The molecule has 3 heteroatoms. The van der Waals surface area contributed by atoms with Crippen molar-refractivity contribution in [2.75, 3.05) is 6.61 Å². The first kappa shape index (κ1) is 14.3. The number of thioether (sulfide) groups is 1. The summed E-state index contributed by atoms with van der Waals surface area (Å²) in [5.74, 6) is 0. The summed E-state index contributed by atoms with van der Waals surface area (Å²) in [7, 11) is 0. The van der Waals surface area contributed by atoms with Gasteiger partial charge in [-0.25, -0.2) is 0 Å². The Morgan fingerprint density at radius 1 is 1.19 bits per heavy atom. The highest BCUT2D eigenvalue weighted by Gasteiger charge is 2.39. The molecule has 1 N–H and O–H groups in total. The van der Waals surface area contributed by atoms with Crippen LogP contribution in [0.2, 0.25) is 0 Å². The van der Waals surface area contributed by atoms with Crippen LogP contribution in [0.3, 0.4) is 0 Å². The van der Waals surface area contributed by atoms with Crippen molar-refractivity contribution in [3.8, 4) is 0 Å². The Morgan fingerprint density at radius 2 is 1.75 bits per heavy atom. The molecule has 0 aliphatic carbocycles. The van der Waals surface area contributed by atoms with Crippen LogP contribution in [0, 0.1) is 5.41 Å². The Balaban J connectivity index is 2.46. The predicted molar refractivity (Wildman–Crippen MR) is 71.0 cm³/mol. The second-order valence-electron chi connectivity index (χ2n) is 6.76. The van der Waals surface area contributed by atoms with Gasteiger partial charge in [-0.15, -0.1) is 11.8 Å². The summed E-state index contributed by atoms with van der Waals surface area (Å²) in [6, 6.07) is 0. The molecule has 1 fully saturated rings. The molecule has 1 saturated heterocycles. The molecule has 3 atom stereocenters. The Labute approximate surface area is 104 Å². The molecular formula is C13H26O2S. The van der Waals surface area contributed by atoms with Gasteiger partial charge in [0, 0.05) is 5.25 Å². The van der Waals surface area contributed by atoms with Crippen molar-refractivity contribution < 1.29 is 9.84 Å². The van der Waals surface area contributed by atoms with Gasteiger partial charge < -0.3 is 9.84 Å². The third-order valence-electron chi connectivity index (χ3n) is 2.87. The Bertz CT molecular complexity index is 227. The molecule has 1 heterocycles. The Kier molecular flexibility index (Phi) is 4.36. The van der Waals surface area contributed by atoms with Gasteiger partial charge in [0.1, 0.15) is 0 Å². The molecule has 0 aromatic carbocycles. The van der Waals surface area contributed by atoms with Gasteiger partial charge >= 0.3 is 0 Å². The van der Waals surface area contributed by atoms with Crippen LogP contribution in [0.4, 0.5) is 0 Å². The number of aliphatic hydroxyl groups excluding tert-OH is 1. The lowest BCUT2D eigenvalue weighted by Gasteiger charge is -2.26. The van der Waals surface area contributed by atoms with Crippen molar-refractivity contribution in [1.82, 2.24) is 0 Å². The van der Waals surface area contributed by atoms with Crippen molar-refractivity contribution in [2.45, 2.75) is 70.2 Å². The summed E-state index contributed by atoms with van der Waals surface area (Å²) in [6.07, 6.45) is 0.684. The lowest BCUT2D eigenvalue weighted by molar-refractivity contribution is -0.0141. The van der Waals surface area contributed by atoms with Crippen molar-refractivity contribution in [3.63, 3.8) is 0 Å². The number of hydrogen-bond acceptors (Lipinski definition) is 3. The van der Waals surface area contributed by atoms with E-state index in [1.165, 1.54) is 0 Å². The maximum absolute atomic E-state index is 10.0. The molecular weight excluding hydrogens is 220 g/mol. The van der Waals surface area contributed by atoms with E-state index in [1.807, 2.05) is 11.8 Å². The highest BCUT2D eigenvalue weighted by Crippen LogP contribution is 2.43. The van der Waals surface area contributed by atoms with E-state index in [2.05, 4.69) is 41.5 Å². The second-order valence-corrected chi connectivity index (χ2v) is 8.20.